The quantitative estimate of drug-likeness (QED) is 0.884. The fourth-order valence-corrected chi connectivity index (χ4v) is 3.34. The molecule has 0 unspecified atom stereocenters. The van der Waals surface area contributed by atoms with Crippen LogP contribution in [0.2, 0.25) is 0 Å². The van der Waals surface area contributed by atoms with Gasteiger partial charge in [-0.2, -0.15) is 0 Å². The van der Waals surface area contributed by atoms with E-state index in [1.807, 2.05) is 32.0 Å². The van der Waals surface area contributed by atoms with E-state index in [2.05, 4.69) is 0 Å². The van der Waals surface area contributed by atoms with Gasteiger partial charge in [-0.3, -0.25) is 4.31 Å². The average Bonchev–Trinajstić information content (AvgIpc) is 2.36. The van der Waals surface area contributed by atoms with Gasteiger partial charge >= 0.3 is 0 Å². The fraction of sp³-hybridized carbons (Fsp3) is 0.200. The number of nitrogens with zero attached hydrogens (tertiary/aromatic N) is 1. The van der Waals surface area contributed by atoms with Gasteiger partial charge in [0.2, 0.25) is 0 Å². The van der Waals surface area contributed by atoms with Crippen molar-refractivity contribution in [2.24, 2.45) is 0 Å². The first-order valence-electron chi connectivity index (χ1n) is 6.23. The van der Waals surface area contributed by atoms with E-state index < -0.39 is 10.0 Å². The first kappa shape index (κ1) is 14.4. The Morgan fingerprint density at radius 1 is 1.00 bits per heavy atom. The van der Waals surface area contributed by atoms with Crippen LogP contribution in [0.1, 0.15) is 11.1 Å². The summed E-state index contributed by atoms with van der Waals surface area (Å²) in [5.41, 5.74) is 8.78. The molecule has 2 rings (SSSR count). The van der Waals surface area contributed by atoms with Crippen molar-refractivity contribution in [1.82, 2.24) is 0 Å². The number of rotatable bonds is 3. The van der Waals surface area contributed by atoms with E-state index in [1.165, 1.54) is 10.4 Å². The van der Waals surface area contributed by atoms with Crippen molar-refractivity contribution in [3.63, 3.8) is 0 Å². The topological polar surface area (TPSA) is 63.4 Å². The first-order valence-corrected chi connectivity index (χ1v) is 7.67. The van der Waals surface area contributed by atoms with Crippen molar-refractivity contribution < 1.29 is 8.42 Å². The Balaban J connectivity index is 2.48. The Morgan fingerprint density at radius 2 is 1.60 bits per heavy atom. The van der Waals surface area contributed by atoms with E-state index in [9.17, 15) is 8.42 Å². The summed E-state index contributed by atoms with van der Waals surface area (Å²) in [4.78, 5) is 0.194. The summed E-state index contributed by atoms with van der Waals surface area (Å²) in [6.45, 7) is 3.88. The molecule has 0 fully saturated rings. The maximum atomic E-state index is 12.6. The SMILES string of the molecule is Cc1cc(C)cc(N(C)S(=O)(=O)c2cccc(N)c2)c1. The van der Waals surface area contributed by atoms with Crippen LogP contribution in [0.5, 0.6) is 0 Å². The van der Waals surface area contributed by atoms with Crippen LogP contribution in [0.4, 0.5) is 11.4 Å². The summed E-state index contributed by atoms with van der Waals surface area (Å²) in [6, 6.07) is 12.0. The molecule has 5 heteroatoms. The Labute approximate surface area is 119 Å². The third-order valence-electron chi connectivity index (χ3n) is 3.09. The van der Waals surface area contributed by atoms with Gasteiger partial charge in [-0.25, -0.2) is 8.42 Å². The van der Waals surface area contributed by atoms with Crippen molar-refractivity contribution in [2.75, 3.05) is 17.1 Å². The third kappa shape index (κ3) is 2.77. The van der Waals surface area contributed by atoms with Gasteiger partial charge in [0.05, 0.1) is 10.6 Å². The number of hydrogen-bond acceptors (Lipinski definition) is 3. The van der Waals surface area contributed by atoms with Gasteiger partial charge in [0.1, 0.15) is 0 Å². The van der Waals surface area contributed by atoms with Crippen molar-refractivity contribution >= 4 is 21.4 Å². The predicted molar refractivity (Wildman–Crippen MR) is 82.4 cm³/mol. The van der Waals surface area contributed by atoms with Crippen LogP contribution in [0.25, 0.3) is 0 Å². The normalized spacial score (nSPS) is 11.3. The van der Waals surface area contributed by atoms with E-state index >= 15 is 0 Å². The summed E-state index contributed by atoms with van der Waals surface area (Å²) < 4.78 is 26.4. The van der Waals surface area contributed by atoms with Crippen LogP contribution in [0.15, 0.2) is 47.4 Å². The highest BCUT2D eigenvalue weighted by atomic mass is 32.2. The lowest BCUT2D eigenvalue weighted by Crippen LogP contribution is -2.26. The number of anilines is 2. The molecule has 0 atom stereocenters. The molecule has 0 saturated carbocycles. The van der Waals surface area contributed by atoms with Crippen molar-refractivity contribution in [3.8, 4) is 0 Å². The zero-order valence-corrected chi connectivity index (χ0v) is 12.6. The van der Waals surface area contributed by atoms with Crippen LogP contribution in [-0.2, 0) is 10.0 Å². The molecule has 0 spiro atoms. The van der Waals surface area contributed by atoms with Gasteiger partial charge in [-0.1, -0.05) is 12.1 Å². The van der Waals surface area contributed by atoms with Crippen LogP contribution in [-0.4, -0.2) is 15.5 Å². The van der Waals surface area contributed by atoms with E-state index in [-0.39, 0.29) is 4.90 Å². The molecule has 0 aliphatic heterocycles. The van der Waals surface area contributed by atoms with Crippen molar-refractivity contribution in [1.29, 1.82) is 0 Å². The first-order chi connectivity index (χ1) is 9.30. The molecule has 0 radical (unpaired) electrons. The van der Waals surface area contributed by atoms with Gasteiger partial charge in [0, 0.05) is 12.7 Å². The van der Waals surface area contributed by atoms with E-state index in [1.54, 1.807) is 25.2 Å². The molecule has 4 nitrogen and oxygen atoms in total. The molecule has 0 saturated heterocycles. The van der Waals surface area contributed by atoms with E-state index in [0.29, 0.717) is 11.4 Å². The molecule has 0 bridgehead atoms. The van der Waals surface area contributed by atoms with Gasteiger partial charge in [-0.05, 0) is 55.3 Å². The molecule has 2 aromatic carbocycles. The molecule has 2 aromatic rings. The highest BCUT2D eigenvalue weighted by Crippen LogP contribution is 2.25. The van der Waals surface area contributed by atoms with Crippen molar-refractivity contribution in [2.45, 2.75) is 18.7 Å². The molecular weight excluding hydrogens is 272 g/mol. The molecule has 0 aliphatic carbocycles. The largest absolute Gasteiger partial charge is 0.399 e. The monoisotopic (exact) mass is 290 g/mol. The van der Waals surface area contributed by atoms with E-state index in [4.69, 9.17) is 5.73 Å². The minimum absolute atomic E-state index is 0.194. The number of benzene rings is 2. The minimum atomic E-state index is -3.59. The summed E-state index contributed by atoms with van der Waals surface area (Å²) in [5, 5.41) is 0. The summed E-state index contributed by atoms with van der Waals surface area (Å²) in [7, 11) is -2.05. The number of hydrogen-bond donors (Lipinski definition) is 1. The second-order valence-electron chi connectivity index (χ2n) is 4.89. The number of sulfonamides is 1. The highest BCUT2D eigenvalue weighted by Gasteiger charge is 2.21. The highest BCUT2D eigenvalue weighted by molar-refractivity contribution is 7.92. The number of nitrogen functional groups attached to an aromatic ring is 1. The zero-order valence-electron chi connectivity index (χ0n) is 11.8. The second-order valence-corrected chi connectivity index (χ2v) is 6.86. The van der Waals surface area contributed by atoms with Crippen molar-refractivity contribution in [3.05, 3.63) is 53.6 Å². The standard InChI is InChI=1S/C15H18N2O2S/c1-11-7-12(2)9-14(8-11)17(3)20(18,19)15-6-4-5-13(16)10-15/h4-10H,16H2,1-3H3. The van der Waals surface area contributed by atoms with Gasteiger partial charge in [0.15, 0.2) is 0 Å². The minimum Gasteiger partial charge on any atom is -0.399 e. The van der Waals surface area contributed by atoms with Crippen LogP contribution >= 0.6 is 0 Å². The second kappa shape index (κ2) is 5.17. The maximum absolute atomic E-state index is 12.6. The fourth-order valence-electron chi connectivity index (χ4n) is 2.10. The van der Waals surface area contributed by atoms with E-state index in [0.717, 1.165) is 11.1 Å². The maximum Gasteiger partial charge on any atom is 0.264 e. The molecule has 0 aromatic heterocycles. The molecule has 20 heavy (non-hydrogen) atoms. The molecule has 0 amide bonds. The van der Waals surface area contributed by atoms with Crippen LogP contribution in [0, 0.1) is 13.8 Å². The third-order valence-corrected chi connectivity index (χ3v) is 4.87. The smallest absolute Gasteiger partial charge is 0.264 e. The molecule has 2 N–H and O–H groups in total. The van der Waals surface area contributed by atoms with Gasteiger partial charge in [-0.15, -0.1) is 0 Å². The Kier molecular flexibility index (Phi) is 3.72. The number of nitrogens with two attached hydrogens (primary N) is 1. The number of aryl methyl sites for hydroxylation is 2. The van der Waals surface area contributed by atoms with Gasteiger partial charge in [0.25, 0.3) is 10.0 Å². The molecular formula is C15H18N2O2S. The summed E-state index contributed by atoms with van der Waals surface area (Å²) in [6.07, 6.45) is 0. The molecule has 0 aliphatic rings. The van der Waals surface area contributed by atoms with Crippen LogP contribution in [0.3, 0.4) is 0 Å². The zero-order chi connectivity index (χ0) is 14.9. The van der Waals surface area contributed by atoms with Gasteiger partial charge < -0.3 is 5.73 Å². The summed E-state index contributed by atoms with van der Waals surface area (Å²) >= 11 is 0. The summed E-state index contributed by atoms with van der Waals surface area (Å²) in [5.74, 6) is 0. The average molecular weight is 290 g/mol. The Morgan fingerprint density at radius 3 is 2.15 bits per heavy atom. The lowest BCUT2D eigenvalue weighted by atomic mass is 10.1. The van der Waals surface area contributed by atoms with Crippen LogP contribution < -0.4 is 10.0 Å². The Bertz CT molecular complexity index is 719. The molecule has 0 heterocycles. The lowest BCUT2D eigenvalue weighted by molar-refractivity contribution is 0.594. The molecule has 106 valence electrons. The predicted octanol–water partition coefficient (Wildman–Crippen LogP) is 2.71. The Hall–Kier alpha value is -2.01. The lowest BCUT2D eigenvalue weighted by Gasteiger charge is -2.20.